The van der Waals surface area contributed by atoms with E-state index in [0.29, 0.717) is 0 Å². The standard InChI is InChI=1S/C11H15FN2O3/c1-8(2)13(5-6-15)11-7-9(12)3-4-10(11)14(16)17/h3-4,7-8,15H,5-6H2,1-2H3. The SMILES string of the molecule is CC(C)N(CCO)c1cc(F)ccc1[N+](=O)[O-]. The highest BCUT2D eigenvalue weighted by Gasteiger charge is 2.21. The molecule has 94 valence electrons. The molecular formula is C11H15FN2O3. The second-order valence-corrected chi connectivity index (χ2v) is 3.90. The fraction of sp³-hybridized carbons (Fsp3) is 0.455. The molecule has 0 atom stereocenters. The average Bonchev–Trinajstić information content (AvgIpc) is 2.24. The maximum Gasteiger partial charge on any atom is 0.292 e. The fourth-order valence-corrected chi connectivity index (χ4v) is 1.65. The summed E-state index contributed by atoms with van der Waals surface area (Å²) in [5, 5.41) is 19.8. The van der Waals surface area contributed by atoms with E-state index >= 15 is 0 Å². The van der Waals surface area contributed by atoms with Crippen LogP contribution in [0.25, 0.3) is 0 Å². The summed E-state index contributed by atoms with van der Waals surface area (Å²) in [6.07, 6.45) is 0. The Bertz CT molecular complexity index is 410. The second-order valence-electron chi connectivity index (χ2n) is 3.90. The van der Waals surface area contributed by atoms with E-state index in [4.69, 9.17) is 5.11 Å². The van der Waals surface area contributed by atoms with Gasteiger partial charge in [0.05, 0.1) is 11.5 Å². The van der Waals surface area contributed by atoms with Crippen molar-refractivity contribution in [1.29, 1.82) is 0 Å². The Balaban J connectivity index is 3.24. The molecule has 1 aromatic carbocycles. The molecule has 17 heavy (non-hydrogen) atoms. The quantitative estimate of drug-likeness (QED) is 0.633. The summed E-state index contributed by atoms with van der Waals surface area (Å²) in [5.74, 6) is -0.533. The molecule has 5 nitrogen and oxygen atoms in total. The Kier molecular flexibility index (Phi) is 4.39. The van der Waals surface area contributed by atoms with Crippen LogP contribution in [0.15, 0.2) is 18.2 Å². The van der Waals surface area contributed by atoms with E-state index < -0.39 is 10.7 Å². The first-order valence-electron chi connectivity index (χ1n) is 5.28. The lowest BCUT2D eigenvalue weighted by molar-refractivity contribution is -0.384. The Morgan fingerprint density at radius 1 is 1.53 bits per heavy atom. The second kappa shape index (κ2) is 5.58. The maximum absolute atomic E-state index is 13.2. The number of nitro benzene ring substituents is 1. The Morgan fingerprint density at radius 2 is 2.18 bits per heavy atom. The van der Waals surface area contributed by atoms with Crippen molar-refractivity contribution >= 4 is 11.4 Å². The van der Waals surface area contributed by atoms with E-state index in [1.807, 2.05) is 13.8 Å². The zero-order valence-corrected chi connectivity index (χ0v) is 9.76. The zero-order valence-electron chi connectivity index (χ0n) is 9.76. The molecule has 0 aliphatic heterocycles. The molecule has 0 aliphatic rings. The predicted octanol–water partition coefficient (Wildman–Crippen LogP) is 1.94. The molecule has 0 radical (unpaired) electrons. The molecule has 1 N–H and O–H groups in total. The summed E-state index contributed by atoms with van der Waals surface area (Å²) < 4.78 is 13.2. The summed E-state index contributed by atoms with van der Waals surface area (Å²) in [7, 11) is 0. The molecule has 0 unspecified atom stereocenters. The van der Waals surface area contributed by atoms with Crippen molar-refractivity contribution in [3.05, 3.63) is 34.1 Å². The molecule has 0 saturated heterocycles. The van der Waals surface area contributed by atoms with Gasteiger partial charge in [-0.3, -0.25) is 10.1 Å². The van der Waals surface area contributed by atoms with E-state index in [1.165, 1.54) is 0 Å². The van der Waals surface area contributed by atoms with Crippen LogP contribution in [0, 0.1) is 15.9 Å². The first-order chi connectivity index (χ1) is 7.97. The summed E-state index contributed by atoms with van der Waals surface area (Å²) in [4.78, 5) is 11.9. The van der Waals surface area contributed by atoms with Crippen molar-refractivity contribution in [2.75, 3.05) is 18.1 Å². The van der Waals surface area contributed by atoms with Crippen LogP contribution in [0.5, 0.6) is 0 Å². The number of anilines is 1. The number of nitrogens with zero attached hydrogens (tertiary/aromatic N) is 2. The average molecular weight is 242 g/mol. The van der Waals surface area contributed by atoms with Gasteiger partial charge >= 0.3 is 0 Å². The van der Waals surface area contributed by atoms with Crippen LogP contribution in [0.4, 0.5) is 15.8 Å². The van der Waals surface area contributed by atoms with Gasteiger partial charge in [0, 0.05) is 24.7 Å². The molecule has 0 heterocycles. The molecule has 1 aromatic rings. The van der Waals surface area contributed by atoms with Gasteiger partial charge in [0.25, 0.3) is 5.69 Å². The summed E-state index contributed by atoms with van der Waals surface area (Å²) in [5.41, 5.74) is 0.0348. The van der Waals surface area contributed by atoms with Crippen LogP contribution in [-0.2, 0) is 0 Å². The van der Waals surface area contributed by atoms with Gasteiger partial charge in [-0.05, 0) is 19.9 Å². The zero-order chi connectivity index (χ0) is 13.0. The third kappa shape index (κ3) is 3.13. The van der Waals surface area contributed by atoms with Gasteiger partial charge in [-0.2, -0.15) is 0 Å². The first-order valence-corrected chi connectivity index (χ1v) is 5.28. The molecule has 0 amide bonds. The Morgan fingerprint density at radius 3 is 2.65 bits per heavy atom. The first kappa shape index (κ1) is 13.4. The summed E-state index contributed by atoms with van der Waals surface area (Å²) in [6.45, 7) is 3.72. The summed E-state index contributed by atoms with van der Waals surface area (Å²) in [6, 6.07) is 3.24. The Hall–Kier alpha value is -1.69. The van der Waals surface area contributed by atoms with Gasteiger partial charge in [-0.25, -0.2) is 4.39 Å². The highest BCUT2D eigenvalue weighted by atomic mass is 19.1. The van der Waals surface area contributed by atoms with Crippen LogP contribution >= 0.6 is 0 Å². The Labute approximate surface area is 98.6 Å². The lowest BCUT2D eigenvalue weighted by atomic mass is 10.2. The molecule has 0 aromatic heterocycles. The molecule has 0 spiro atoms. The number of aliphatic hydroxyl groups is 1. The number of nitro groups is 1. The minimum atomic E-state index is -0.554. The van der Waals surface area contributed by atoms with Gasteiger partial charge in [0.15, 0.2) is 0 Å². The van der Waals surface area contributed by atoms with Crippen molar-refractivity contribution in [3.8, 4) is 0 Å². The molecule has 0 fully saturated rings. The topological polar surface area (TPSA) is 66.6 Å². The highest BCUT2D eigenvalue weighted by Crippen LogP contribution is 2.30. The van der Waals surface area contributed by atoms with Gasteiger partial charge in [0.1, 0.15) is 11.5 Å². The van der Waals surface area contributed by atoms with Crippen molar-refractivity contribution in [1.82, 2.24) is 0 Å². The highest BCUT2D eigenvalue weighted by molar-refractivity contribution is 5.63. The van der Waals surface area contributed by atoms with E-state index in [0.717, 1.165) is 18.2 Å². The largest absolute Gasteiger partial charge is 0.395 e. The third-order valence-electron chi connectivity index (χ3n) is 2.41. The number of benzene rings is 1. The molecule has 1 rings (SSSR count). The molecular weight excluding hydrogens is 227 g/mol. The van der Waals surface area contributed by atoms with Crippen molar-refractivity contribution < 1.29 is 14.4 Å². The third-order valence-corrected chi connectivity index (χ3v) is 2.41. The smallest absolute Gasteiger partial charge is 0.292 e. The number of rotatable bonds is 5. The van der Waals surface area contributed by atoms with Gasteiger partial charge in [0.2, 0.25) is 0 Å². The predicted molar refractivity (Wildman–Crippen MR) is 62.6 cm³/mol. The number of halogens is 1. The molecule has 6 heteroatoms. The minimum absolute atomic E-state index is 0.0670. The van der Waals surface area contributed by atoms with Gasteiger partial charge in [-0.15, -0.1) is 0 Å². The van der Waals surface area contributed by atoms with Crippen molar-refractivity contribution in [3.63, 3.8) is 0 Å². The van der Waals surface area contributed by atoms with Crippen LogP contribution < -0.4 is 4.90 Å². The van der Waals surface area contributed by atoms with Crippen LogP contribution in [0.2, 0.25) is 0 Å². The normalized spacial score (nSPS) is 10.6. The van der Waals surface area contributed by atoms with Crippen LogP contribution in [0.3, 0.4) is 0 Å². The lowest BCUT2D eigenvalue weighted by Gasteiger charge is -2.27. The summed E-state index contributed by atoms with van der Waals surface area (Å²) >= 11 is 0. The van der Waals surface area contributed by atoms with Crippen molar-refractivity contribution in [2.24, 2.45) is 0 Å². The molecule has 0 bridgehead atoms. The van der Waals surface area contributed by atoms with E-state index in [9.17, 15) is 14.5 Å². The van der Waals surface area contributed by atoms with Gasteiger partial charge in [-0.1, -0.05) is 0 Å². The molecule has 0 aliphatic carbocycles. The van der Waals surface area contributed by atoms with E-state index in [1.54, 1.807) is 4.90 Å². The van der Waals surface area contributed by atoms with E-state index in [2.05, 4.69) is 0 Å². The van der Waals surface area contributed by atoms with Crippen LogP contribution in [0.1, 0.15) is 13.8 Å². The maximum atomic E-state index is 13.2. The lowest BCUT2D eigenvalue weighted by Crippen LogP contribution is -2.34. The van der Waals surface area contributed by atoms with Crippen molar-refractivity contribution in [2.45, 2.75) is 19.9 Å². The number of aliphatic hydroxyl groups excluding tert-OH is 1. The van der Waals surface area contributed by atoms with Crippen LogP contribution in [-0.4, -0.2) is 29.2 Å². The van der Waals surface area contributed by atoms with Gasteiger partial charge < -0.3 is 10.0 Å². The van der Waals surface area contributed by atoms with E-state index in [-0.39, 0.29) is 30.6 Å². The number of hydrogen-bond donors (Lipinski definition) is 1. The minimum Gasteiger partial charge on any atom is -0.395 e. The monoisotopic (exact) mass is 242 g/mol. The number of hydrogen-bond acceptors (Lipinski definition) is 4. The fourth-order valence-electron chi connectivity index (χ4n) is 1.65. The molecule has 0 saturated carbocycles.